The van der Waals surface area contributed by atoms with E-state index in [9.17, 15) is 13.9 Å². The Bertz CT molecular complexity index is 1230. The van der Waals surface area contributed by atoms with Crippen LogP contribution in [0.1, 0.15) is 11.1 Å². The Balaban J connectivity index is 1.49. The van der Waals surface area contributed by atoms with E-state index in [2.05, 4.69) is 15.6 Å². The minimum atomic E-state index is -0.856. The first-order chi connectivity index (χ1) is 16.5. The lowest BCUT2D eigenvalue weighted by atomic mass is 10.0. The lowest BCUT2D eigenvalue weighted by Gasteiger charge is -2.25. The van der Waals surface area contributed by atoms with E-state index in [1.807, 2.05) is 60.7 Å². The third kappa shape index (κ3) is 6.27. The second-order valence-corrected chi connectivity index (χ2v) is 8.17. The predicted molar refractivity (Wildman–Crippen MR) is 130 cm³/mol. The zero-order valence-corrected chi connectivity index (χ0v) is 18.8. The highest BCUT2D eigenvalue weighted by Gasteiger charge is 2.21. The van der Waals surface area contributed by atoms with E-state index in [1.54, 1.807) is 7.11 Å². The second kappa shape index (κ2) is 11.0. The summed E-state index contributed by atoms with van der Waals surface area (Å²) in [5.74, 6) is 0.0359. The molecule has 0 amide bonds. The number of aliphatic hydroxyl groups excluding tert-OH is 1. The summed E-state index contributed by atoms with van der Waals surface area (Å²) >= 11 is 0. The molecule has 4 aromatic rings. The van der Waals surface area contributed by atoms with Crippen molar-refractivity contribution < 1.29 is 18.6 Å². The highest BCUT2D eigenvalue weighted by Crippen LogP contribution is 2.19. The van der Waals surface area contributed by atoms with Crippen molar-refractivity contribution in [1.82, 2.24) is 10.3 Å². The first-order valence-electron chi connectivity index (χ1n) is 11.1. The Morgan fingerprint density at radius 2 is 1.71 bits per heavy atom. The molecule has 0 bridgehead atoms. The van der Waals surface area contributed by atoms with Gasteiger partial charge >= 0.3 is 0 Å². The maximum atomic E-state index is 13.8. The van der Waals surface area contributed by atoms with Gasteiger partial charge in [0, 0.05) is 24.5 Å². The number of aliphatic hydroxyl groups is 1. The second-order valence-electron chi connectivity index (χ2n) is 8.17. The Morgan fingerprint density at radius 1 is 0.912 bits per heavy atom. The van der Waals surface area contributed by atoms with Crippen LogP contribution >= 0.6 is 0 Å². The first-order valence-corrected chi connectivity index (χ1v) is 11.1. The quantitative estimate of drug-likeness (QED) is 0.318. The Morgan fingerprint density at radius 3 is 2.50 bits per heavy atom. The predicted octanol–water partition coefficient (Wildman–Crippen LogP) is 4.70. The third-order valence-corrected chi connectivity index (χ3v) is 5.59. The molecule has 5 nitrogen and oxygen atoms in total. The lowest BCUT2D eigenvalue weighted by Crippen LogP contribution is -2.42. The van der Waals surface area contributed by atoms with Crippen molar-refractivity contribution in [2.24, 2.45) is 0 Å². The summed E-state index contributed by atoms with van der Waals surface area (Å²) in [6, 6.07) is 22.0. The van der Waals surface area contributed by atoms with Crippen molar-refractivity contribution in [3.05, 3.63) is 102 Å². The minimum absolute atomic E-state index is 0.213. The molecule has 0 saturated heterocycles. The molecule has 0 fully saturated rings. The van der Waals surface area contributed by atoms with Crippen molar-refractivity contribution in [2.45, 2.75) is 25.1 Å². The molecule has 0 aliphatic carbocycles. The molecule has 0 radical (unpaired) electrons. The average Bonchev–Trinajstić information content (AvgIpc) is 2.83. The van der Waals surface area contributed by atoms with Crippen LogP contribution in [0.4, 0.5) is 14.6 Å². The largest absolute Gasteiger partial charge is 0.497 e. The normalized spacial score (nSPS) is 12.9. The van der Waals surface area contributed by atoms with Crippen LogP contribution in [-0.2, 0) is 13.0 Å². The van der Waals surface area contributed by atoms with E-state index in [0.717, 1.165) is 28.3 Å². The topological polar surface area (TPSA) is 66.4 Å². The number of para-hydroxylation sites is 1. The van der Waals surface area contributed by atoms with Crippen molar-refractivity contribution >= 4 is 16.7 Å². The van der Waals surface area contributed by atoms with Crippen molar-refractivity contribution in [1.29, 1.82) is 0 Å². The van der Waals surface area contributed by atoms with E-state index < -0.39 is 23.8 Å². The van der Waals surface area contributed by atoms with Gasteiger partial charge < -0.3 is 20.5 Å². The van der Waals surface area contributed by atoms with Gasteiger partial charge in [0.2, 0.25) is 0 Å². The summed E-state index contributed by atoms with van der Waals surface area (Å²) in [6.07, 6.45) is -0.643. The molecule has 0 aliphatic heterocycles. The number of methoxy groups -OCH3 is 1. The fourth-order valence-corrected chi connectivity index (χ4v) is 3.89. The van der Waals surface area contributed by atoms with E-state index >= 15 is 0 Å². The fraction of sp³-hybridized carbons (Fsp3) is 0.222. The maximum absolute atomic E-state index is 13.8. The number of benzene rings is 3. The fourth-order valence-electron chi connectivity index (χ4n) is 3.89. The van der Waals surface area contributed by atoms with Crippen LogP contribution in [0, 0.1) is 11.6 Å². The van der Waals surface area contributed by atoms with Gasteiger partial charge in [-0.15, -0.1) is 0 Å². The number of anilines is 1. The highest BCUT2D eigenvalue weighted by molar-refractivity contribution is 5.80. The summed E-state index contributed by atoms with van der Waals surface area (Å²) in [5.41, 5.74) is 2.27. The highest BCUT2D eigenvalue weighted by atomic mass is 19.1. The van der Waals surface area contributed by atoms with Gasteiger partial charge in [-0.3, -0.25) is 0 Å². The molecule has 34 heavy (non-hydrogen) atoms. The summed E-state index contributed by atoms with van der Waals surface area (Å²) in [5, 5.41) is 18.5. The average molecular weight is 464 g/mol. The number of aromatic nitrogens is 1. The van der Waals surface area contributed by atoms with Crippen molar-refractivity contribution in [3.63, 3.8) is 0 Å². The monoisotopic (exact) mass is 463 g/mol. The van der Waals surface area contributed by atoms with Crippen LogP contribution in [0.15, 0.2) is 78.9 Å². The summed E-state index contributed by atoms with van der Waals surface area (Å²) in [7, 11) is 1.61. The van der Waals surface area contributed by atoms with Gasteiger partial charge in [-0.05, 0) is 60.0 Å². The number of pyridine rings is 1. The third-order valence-electron chi connectivity index (χ3n) is 5.59. The molecule has 3 aromatic carbocycles. The summed E-state index contributed by atoms with van der Waals surface area (Å²) in [4.78, 5) is 4.62. The van der Waals surface area contributed by atoms with Gasteiger partial charge in [-0.25, -0.2) is 13.8 Å². The number of halogens is 2. The summed E-state index contributed by atoms with van der Waals surface area (Å²) < 4.78 is 32.8. The Labute approximate surface area is 197 Å². The molecule has 3 N–H and O–H groups in total. The zero-order valence-electron chi connectivity index (χ0n) is 18.8. The number of fused-ring (bicyclic) bond motifs is 1. The van der Waals surface area contributed by atoms with E-state index in [1.165, 1.54) is 12.1 Å². The molecule has 2 atom stereocenters. The van der Waals surface area contributed by atoms with Crippen molar-refractivity contribution in [3.8, 4) is 5.75 Å². The first kappa shape index (κ1) is 23.6. The zero-order chi connectivity index (χ0) is 23.9. The van der Waals surface area contributed by atoms with E-state index in [-0.39, 0.29) is 13.0 Å². The molecular weight excluding hydrogens is 436 g/mol. The molecule has 1 aromatic heterocycles. The Hall–Kier alpha value is -3.55. The van der Waals surface area contributed by atoms with Gasteiger partial charge in [0.05, 0.1) is 24.8 Å². The number of rotatable bonds is 10. The van der Waals surface area contributed by atoms with Gasteiger partial charge in [0.15, 0.2) is 0 Å². The number of ether oxygens (including phenoxy) is 1. The molecule has 4 rings (SSSR count). The van der Waals surface area contributed by atoms with Crippen LogP contribution < -0.4 is 15.4 Å². The molecule has 0 aliphatic rings. The molecular formula is C27H27F2N3O2. The molecule has 7 heteroatoms. The standard InChI is InChI=1S/C27H27F2N3O2/c1-34-23-7-4-5-18(13-23)16-30-17-26(33)25(14-19-11-21(28)15-22(29)12-19)32-27-10-9-20-6-2-3-8-24(20)31-27/h2-13,15,25-26,30,33H,14,16-17H2,1H3,(H,31,32)/t25-,26+/m0/s1. The number of nitrogens with zero attached hydrogens (tertiary/aromatic N) is 1. The van der Waals surface area contributed by atoms with Crippen LogP contribution in [0.25, 0.3) is 10.9 Å². The van der Waals surface area contributed by atoms with Gasteiger partial charge in [0.1, 0.15) is 23.2 Å². The van der Waals surface area contributed by atoms with Crippen LogP contribution in [0.3, 0.4) is 0 Å². The Kier molecular flexibility index (Phi) is 7.67. The SMILES string of the molecule is COc1cccc(CNC[C@@H](O)[C@H](Cc2cc(F)cc(F)c2)Nc2ccc3ccccc3n2)c1. The smallest absolute Gasteiger partial charge is 0.126 e. The van der Waals surface area contributed by atoms with Crippen LogP contribution in [0.2, 0.25) is 0 Å². The van der Waals surface area contributed by atoms with Gasteiger partial charge in [0.25, 0.3) is 0 Å². The van der Waals surface area contributed by atoms with Gasteiger partial charge in [-0.2, -0.15) is 0 Å². The molecule has 0 spiro atoms. The number of hydrogen-bond acceptors (Lipinski definition) is 5. The maximum Gasteiger partial charge on any atom is 0.126 e. The van der Waals surface area contributed by atoms with E-state index in [4.69, 9.17) is 4.74 Å². The molecule has 0 unspecified atom stereocenters. The van der Waals surface area contributed by atoms with Gasteiger partial charge in [-0.1, -0.05) is 30.3 Å². The number of nitrogens with one attached hydrogen (secondary N) is 2. The molecule has 1 heterocycles. The van der Waals surface area contributed by atoms with Crippen LogP contribution in [-0.4, -0.2) is 35.9 Å². The number of hydrogen-bond donors (Lipinski definition) is 3. The minimum Gasteiger partial charge on any atom is -0.497 e. The van der Waals surface area contributed by atoms with E-state index in [0.29, 0.717) is 17.9 Å². The lowest BCUT2D eigenvalue weighted by molar-refractivity contribution is 0.148. The summed E-state index contributed by atoms with van der Waals surface area (Å²) in [6.45, 7) is 0.796. The van der Waals surface area contributed by atoms with Crippen LogP contribution in [0.5, 0.6) is 5.75 Å². The molecule has 176 valence electrons. The molecule has 0 saturated carbocycles. The van der Waals surface area contributed by atoms with Crippen molar-refractivity contribution in [2.75, 3.05) is 19.0 Å².